The number of aromatic nitrogens is 2. The van der Waals surface area contributed by atoms with E-state index in [1.165, 1.54) is 6.42 Å². The maximum atomic E-state index is 12.6. The predicted molar refractivity (Wildman–Crippen MR) is 112 cm³/mol. The molecule has 29 heavy (non-hydrogen) atoms. The lowest BCUT2D eigenvalue weighted by Crippen LogP contribution is -2.25. The van der Waals surface area contributed by atoms with E-state index in [0.717, 1.165) is 47.6 Å². The average molecular weight is 391 g/mol. The number of ether oxygens (including phenoxy) is 2. The largest absolute Gasteiger partial charge is 0.491 e. The third kappa shape index (κ3) is 4.71. The van der Waals surface area contributed by atoms with Crippen molar-refractivity contribution in [3.63, 3.8) is 0 Å². The minimum atomic E-state index is -0.184. The van der Waals surface area contributed by atoms with Crippen LogP contribution in [0.4, 0.5) is 5.69 Å². The molecule has 1 aliphatic heterocycles. The van der Waals surface area contributed by atoms with Crippen LogP contribution in [0.1, 0.15) is 41.0 Å². The van der Waals surface area contributed by atoms with Crippen molar-refractivity contribution < 1.29 is 14.3 Å². The second-order valence-corrected chi connectivity index (χ2v) is 7.38. The van der Waals surface area contributed by atoms with Crippen molar-refractivity contribution in [1.29, 1.82) is 0 Å². The summed E-state index contributed by atoms with van der Waals surface area (Å²) in [7, 11) is 0. The average Bonchev–Trinajstić information content (AvgIpc) is 2.74. The molecule has 0 spiro atoms. The molecule has 0 aliphatic carbocycles. The van der Waals surface area contributed by atoms with Gasteiger partial charge in [-0.15, -0.1) is 0 Å². The van der Waals surface area contributed by atoms with Crippen molar-refractivity contribution in [3.8, 4) is 5.75 Å². The quantitative estimate of drug-likeness (QED) is 0.696. The summed E-state index contributed by atoms with van der Waals surface area (Å²) in [6.45, 7) is 5.22. The van der Waals surface area contributed by atoms with Crippen molar-refractivity contribution in [2.24, 2.45) is 0 Å². The maximum Gasteiger partial charge on any atom is 0.255 e. The van der Waals surface area contributed by atoms with Gasteiger partial charge < -0.3 is 14.8 Å². The molecule has 0 bridgehead atoms. The van der Waals surface area contributed by atoms with Gasteiger partial charge in [-0.3, -0.25) is 4.79 Å². The van der Waals surface area contributed by atoms with Crippen LogP contribution in [0.2, 0.25) is 0 Å². The zero-order valence-electron chi connectivity index (χ0n) is 16.8. The molecule has 1 fully saturated rings. The lowest BCUT2D eigenvalue weighted by Gasteiger charge is -2.22. The van der Waals surface area contributed by atoms with Crippen molar-refractivity contribution in [1.82, 2.24) is 9.97 Å². The number of benzene rings is 2. The van der Waals surface area contributed by atoms with E-state index in [2.05, 4.69) is 15.3 Å². The van der Waals surface area contributed by atoms with Crippen LogP contribution in [0.5, 0.6) is 5.75 Å². The Morgan fingerprint density at radius 3 is 2.55 bits per heavy atom. The Bertz CT molecular complexity index is 1010. The smallest absolute Gasteiger partial charge is 0.255 e. The Morgan fingerprint density at radius 1 is 1.07 bits per heavy atom. The van der Waals surface area contributed by atoms with Gasteiger partial charge in [0.25, 0.3) is 5.91 Å². The second kappa shape index (κ2) is 8.57. The topological polar surface area (TPSA) is 73.3 Å². The first-order valence-corrected chi connectivity index (χ1v) is 9.99. The molecule has 1 atom stereocenters. The first-order chi connectivity index (χ1) is 14.1. The molecule has 2 heterocycles. The van der Waals surface area contributed by atoms with Gasteiger partial charge in [0.2, 0.25) is 0 Å². The fraction of sp³-hybridized carbons (Fsp3) is 0.348. The van der Waals surface area contributed by atoms with Crippen LogP contribution in [-0.4, -0.2) is 35.2 Å². The SMILES string of the molecule is Cc1nc2ccc(C(=O)Nc3ccc(OCC4CCCCO4)cc3)cc2nc1C. The minimum Gasteiger partial charge on any atom is -0.491 e. The number of amides is 1. The number of carbonyl (C=O) groups is 1. The van der Waals surface area contributed by atoms with Crippen molar-refractivity contribution in [2.75, 3.05) is 18.5 Å². The summed E-state index contributed by atoms with van der Waals surface area (Å²) < 4.78 is 11.5. The summed E-state index contributed by atoms with van der Waals surface area (Å²) in [6.07, 6.45) is 3.54. The fourth-order valence-corrected chi connectivity index (χ4v) is 3.34. The monoisotopic (exact) mass is 391 g/mol. The normalized spacial score (nSPS) is 16.6. The fourth-order valence-electron chi connectivity index (χ4n) is 3.34. The van der Waals surface area contributed by atoms with E-state index in [9.17, 15) is 4.79 Å². The Hall–Kier alpha value is -2.99. The van der Waals surface area contributed by atoms with Gasteiger partial charge >= 0.3 is 0 Å². The molecule has 1 amide bonds. The number of aryl methyl sites for hydroxylation is 2. The number of nitrogens with one attached hydrogen (secondary N) is 1. The van der Waals surface area contributed by atoms with Crippen LogP contribution in [0.15, 0.2) is 42.5 Å². The molecule has 150 valence electrons. The molecular weight excluding hydrogens is 366 g/mol. The first kappa shape index (κ1) is 19.3. The molecule has 1 unspecified atom stereocenters. The van der Waals surface area contributed by atoms with E-state index in [1.54, 1.807) is 12.1 Å². The third-order valence-electron chi connectivity index (χ3n) is 5.16. The summed E-state index contributed by atoms with van der Waals surface area (Å²) in [5.41, 5.74) is 4.52. The van der Waals surface area contributed by atoms with E-state index in [1.807, 2.05) is 44.2 Å². The molecule has 6 heteroatoms. The molecule has 1 N–H and O–H groups in total. The van der Waals surface area contributed by atoms with Crippen LogP contribution in [0.3, 0.4) is 0 Å². The molecular formula is C23H25N3O3. The number of nitrogens with zero attached hydrogens (tertiary/aromatic N) is 2. The molecule has 3 aromatic rings. The second-order valence-electron chi connectivity index (χ2n) is 7.38. The number of rotatable bonds is 5. The lowest BCUT2D eigenvalue weighted by atomic mass is 10.1. The van der Waals surface area contributed by atoms with E-state index in [0.29, 0.717) is 17.9 Å². The van der Waals surface area contributed by atoms with Gasteiger partial charge in [-0.25, -0.2) is 9.97 Å². The Balaban J connectivity index is 1.39. The zero-order valence-corrected chi connectivity index (χ0v) is 16.8. The number of carbonyl (C=O) groups excluding carboxylic acids is 1. The number of hydrogen-bond donors (Lipinski definition) is 1. The summed E-state index contributed by atoms with van der Waals surface area (Å²) in [6, 6.07) is 12.8. The summed E-state index contributed by atoms with van der Waals surface area (Å²) in [5, 5.41) is 2.91. The van der Waals surface area contributed by atoms with Gasteiger partial charge in [0.05, 0.1) is 28.5 Å². The van der Waals surface area contributed by atoms with Crippen molar-refractivity contribution >= 4 is 22.6 Å². The highest BCUT2D eigenvalue weighted by atomic mass is 16.5. The van der Waals surface area contributed by atoms with Gasteiger partial charge in [-0.05, 0) is 75.6 Å². The minimum absolute atomic E-state index is 0.173. The molecule has 0 saturated carbocycles. The molecule has 6 nitrogen and oxygen atoms in total. The predicted octanol–water partition coefficient (Wildman–Crippen LogP) is 4.45. The van der Waals surface area contributed by atoms with Gasteiger partial charge in [0.1, 0.15) is 12.4 Å². The maximum absolute atomic E-state index is 12.6. The molecule has 2 aromatic carbocycles. The van der Waals surface area contributed by atoms with E-state index in [-0.39, 0.29) is 12.0 Å². The van der Waals surface area contributed by atoms with E-state index in [4.69, 9.17) is 9.47 Å². The van der Waals surface area contributed by atoms with Crippen molar-refractivity contribution in [2.45, 2.75) is 39.2 Å². The van der Waals surface area contributed by atoms with E-state index < -0.39 is 0 Å². The lowest BCUT2D eigenvalue weighted by molar-refractivity contribution is -0.0110. The van der Waals surface area contributed by atoms with Crippen molar-refractivity contribution in [3.05, 3.63) is 59.4 Å². The number of anilines is 1. The van der Waals surface area contributed by atoms with E-state index >= 15 is 0 Å². The van der Waals surface area contributed by atoms with Gasteiger partial charge in [0, 0.05) is 17.9 Å². The summed E-state index contributed by atoms with van der Waals surface area (Å²) in [5.74, 6) is 0.584. The zero-order chi connectivity index (χ0) is 20.2. The number of hydrogen-bond acceptors (Lipinski definition) is 5. The van der Waals surface area contributed by atoms with Gasteiger partial charge in [-0.1, -0.05) is 0 Å². The molecule has 1 aromatic heterocycles. The standard InChI is InChI=1S/C23H25N3O3/c1-15-16(2)25-22-13-17(6-11-21(22)24-15)23(27)26-18-7-9-19(10-8-18)29-14-20-5-3-4-12-28-20/h6-11,13,20H,3-5,12,14H2,1-2H3,(H,26,27). The third-order valence-corrected chi connectivity index (χ3v) is 5.16. The molecule has 1 aliphatic rings. The van der Waals surface area contributed by atoms with Crippen LogP contribution >= 0.6 is 0 Å². The summed E-state index contributed by atoms with van der Waals surface area (Å²) >= 11 is 0. The molecule has 1 saturated heterocycles. The van der Waals surface area contributed by atoms with Crippen LogP contribution in [0.25, 0.3) is 11.0 Å². The highest BCUT2D eigenvalue weighted by Crippen LogP contribution is 2.20. The highest BCUT2D eigenvalue weighted by Gasteiger charge is 2.14. The highest BCUT2D eigenvalue weighted by molar-refractivity contribution is 6.05. The molecule has 4 rings (SSSR count). The van der Waals surface area contributed by atoms with Crippen LogP contribution in [-0.2, 0) is 4.74 Å². The molecule has 0 radical (unpaired) electrons. The Morgan fingerprint density at radius 2 is 1.83 bits per heavy atom. The van der Waals surface area contributed by atoms with Crippen LogP contribution < -0.4 is 10.1 Å². The van der Waals surface area contributed by atoms with Gasteiger partial charge in [0.15, 0.2) is 0 Å². The first-order valence-electron chi connectivity index (χ1n) is 9.99. The summed E-state index contributed by atoms with van der Waals surface area (Å²) in [4.78, 5) is 21.6. The number of fused-ring (bicyclic) bond motifs is 1. The van der Waals surface area contributed by atoms with Gasteiger partial charge in [-0.2, -0.15) is 0 Å². The Kier molecular flexibility index (Phi) is 5.71. The van der Waals surface area contributed by atoms with Crippen LogP contribution in [0, 0.1) is 13.8 Å². The Labute approximate surface area is 170 Å².